The van der Waals surface area contributed by atoms with E-state index < -0.39 is 0 Å². The van der Waals surface area contributed by atoms with Gasteiger partial charge in [0.2, 0.25) is 5.91 Å². The van der Waals surface area contributed by atoms with Gasteiger partial charge >= 0.3 is 0 Å². The summed E-state index contributed by atoms with van der Waals surface area (Å²) >= 11 is 0. The molecule has 1 amide bonds. The second-order valence-electron chi connectivity index (χ2n) is 2.41. The van der Waals surface area contributed by atoms with E-state index in [4.69, 9.17) is 10.9 Å². The molecule has 0 bridgehead atoms. The van der Waals surface area contributed by atoms with Crippen LogP contribution in [0.3, 0.4) is 0 Å². The van der Waals surface area contributed by atoms with Crippen LogP contribution in [0.4, 0.5) is 0 Å². The first kappa shape index (κ1) is 10.7. The first-order chi connectivity index (χ1) is 5.65. The van der Waals surface area contributed by atoms with Gasteiger partial charge in [0, 0.05) is 6.42 Å². The highest BCUT2D eigenvalue weighted by atomic mass is 16.4. The largest absolute Gasteiger partial charge is 0.409 e. The number of carbonyl (C=O) groups excluding carboxylic acids is 1. The van der Waals surface area contributed by atoms with E-state index in [2.05, 4.69) is 10.5 Å². The highest BCUT2D eigenvalue weighted by Gasteiger charge is 2.12. The smallest absolute Gasteiger partial charge is 0.220 e. The Hall–Kier alpha value is -1.26. The lowest BCUT2D eigenvalue weighted by molar-refractivity contribution is -0.121. The van der Waals surface area contributed by atoms with Crippen LogP contribution in [0.2, 0.25) is 0 Å². The van der Waals surface area contributed by atoms with E-state index in [1.54, 1.807) is 6.92 Å². The standard InChI is InChI=1S/C7H15N3O2/c1-3-5(7(8)10-12)9-6(11)4-2/h5,12H,3-4H2,1-2H3,(H2,8,10)(H,9,11). The van der Waals surface area contributed by atoms with E-state index in [-0.39, 0.29) is 17.8 Å². The Morgan fingerprint density at radius 2 is 2.25 bits per heavy atom. The van der Waals surface area contributed by atoms with E-state index in [1.165, 1.54) is 0 Å². The van der Waals surface area contributed by atoms with Gasteiger partial charge in [-0.2, -0.15) is 0 Å². The average Bonchev–Trinajstić information content (AvgIpc) is 2.12. The molecule has 0 saturated heterocycles. The molecule has 0 radical (unpaired) electrons. The maximum atomic E-state index is 10.9. The molecular formula is C7H15N3O2. The number of nitrogens with one attached hydrogen (secondary N) is 1. The fourth-order valence-corrected chi connectivity index (χ4v) is 0.751. The van der Waals surface area contributed by atoms with Crippen LogP contribution in [0.15, 0.2) is 5.16 Å². The lowest BCUT2D eigenvalue weighted by atomic mass is 10.2. The lowest BCUT2D eigenvalue weighted by Gasteiger charge is -2.14. The van der Waals surface area contributed by atoms with Crippen molar-refractivity contribution in [1.29, 1.82) is 0 Å². The number of rotatable bonds is 4. The van der Waals surface area contributed by atoms with Crippen LogP contribution in [0.5, 0.6) is 0 Å². The molecule has 0 rings (SSSR count). The van der Waals surface area contributed by atoms with Crippen molar-refractivity contribution in [3.63, 3.8) is 0 Å². The second-order valence-corrected chi connectivity index (χ2v) is 2.41. The van der Waals surface area contributed by atoms with Gasteiger partial charge < -0.3 is 16.3 Å². The van der Waals surface area contributed by atoms with E-state index in [9.17, 15) is 4.79 Å². The highest BCUT2D eigenvalue weighted by Crippen LogP contribution is 1.91. The molecule has 0 aromatic carbocycles. The average molecular weight is 173 g/mol. The number of hydrogen-bond acceptors (Lipinski definition) is 3. The molecule has 0 spiro atoms. The maximum absolute atomic E-state index is 10.9. The topological polar surface area (TPSA) is 87.7 Å². The zero-order chi connectivity index (χ0) is 9.56. The minimum Gasteiger partial charge on any atom is -0.409 e. The summed E-state index contributed by atoms with van der Waals surface area (Å²) in [6.45, 7) is 3.59. The minimum absolute atomic E-state index is 0.0410. The number of oxime groups is 1. The SMILES string of the molecule is CCC(=O)NC(CC)/C(N)=N/O. The van der Waals surface area contributed by atoms with Gasteiger partial charge in [0.15, 0.2) is 5.84 Å². The molecule has 0 fully saturated rings. The van der Waals surface area contributed by atoms with Crippen molar-refractivity contribution >= 4 is 11.7 Å². The molecule has 0 aliphatic carbocycles. The molecule has 0 aliphatic heterocycles. The van der Waals surface area contributed by atoms with Gasteiger partial charge in [-0.1, -0.05) is 19.0 Å². The zero-order valence-electron chi connectivity index (χ0n) is 7.37. The van der Waals surface area contributed by atoms with Gasteiger partial charge in [-0.25, -0.2) is 0 Å². The first-order valence-corrected chi connectivity index (χ1v) is 3.92. The molecule has 5 heteroatoms. The van der Waals surface area contributed by atoms with Crippen LogP contribution in [-0.2, 0) is 4.79 Å². The van der Waals surface area contributed by atoms with Crippen molar-refractivity contribution in [3.8, 4) is 0 Å². The summed E-state index contributed by atoms with van der Waals surface area (Å²) in [5, 5.41) is 13.8. The number of nitrogens with zero attached hydrogens (tertiary/aromatic N) is 1. The van der Waals surface area contributed by atoms with Gasteiger partial charge in [0.25, 0.3) is 0 Å². The number of amidine groups is 1. The molecule has 12 heavy (non-hydrogen) atoms. The Morgan fingerprint density at radius 3 is 2.58 bits per heavy atom. The van der Waals surface area contributed by atoms with Gasteiger partial charge in [-0.05, 0) is 6.42 Å². The van der Waals surface area contributed by atoms with Crippen LogP contribution in [-0.4, -0.2) is 23.0 Å². The fraction of sp³-hybridized carbons (Fsp3) is 0.714. The summed E-state index contributed by atoms with van der Waals surface area (Å²) in [5.41, 5.74) is 5.32. The Labute approximate surface area is 71.6 Å². The number of nitrogens with two attached hydrogens (primary N) is 1. The third-order valence-electron chi connectivity index (χ3n) is 1.54. The van der Waals surface area contributed by atoms with E-state index in [0.29, 0.717) is 12.8 Å². The predicted octanol–water partition coefficient (Wildman–Crippen LogP) is 0.0376. The third kappa shape index (κ3) is 3.23. The van der Waals surface area contributed by atoms with Crippen molar-refractivity contribution in [2.75, 3.05) is 0 Å². The van der Waals surface area contributed by atoms with Crippen molar-refractivity contribution in [1.82, 2.24) is 5.32 Å². The Kier molecular flexibility index (Phi) is 4.83. The Balaban J connectivity index is 4.09. The first-order valence-electron chi connectivity index (χ1n) is 3.92. The van der Waals surface area contributed by atoms with E-state index >= 15 is 0 Å². The quantitative estimate of drug-likeness (QED) is 0.243. The fourth-order valence-electron chi connectivity index (χ4n) is 0.751. The molecule has 0 aromatic heterocycles. The molecule has 5 nitrogen and oxygen atoms in total. The van der Waals surface area contributed by atoms with Crippen molar-refractivity contribution in [2.45, 2.75) is 32.7 Å². The van der Waals surface area contributed by atoms with E-state index in [0.717, 1.165) is 0 Å². The van der Waals surface area contributed by atoms with Crippen LogP contribution in [0, 0.1) is 0 Å². The lowest BCUT2D eigenvalue weighted by Crippen LogP contribution is -2.43. The van der Waals surface area contributed by atoms with Crippen LogP contribution >= 0.6 is 0 Å². The molecule has 70 valence electrons. The molecule has 0 heterocycles. The Bertz CT molecular complexity index is 179. The summed E-state index contributed by atoms with van der Waals surface area (Å²) < 4.78 is 0. The summed E-state index contributed by atoms with van der Waals surface area (Å²) in [6, 6.07) is -0.359. The summed E-state index contributed by atoms with van der Waals surface area (Å²) in [7, 11) is 0. The van der Waals surface area contributed by atoms with Crippen LogP contribution < -0.4 is 11.1 Å². The Morgan fingerprint density at radius 1 is 1.67 bits per heavy atom. The second kappa shape index (κ2) is 5.40. The predicted molar refractivity (Wildman–Crippen MR) is 45.9 cm³/mol. The minimum atomic E-state index is -0.359. The number of hydrogen-bond donors (Lipinski definition) is 3. The summed E-state index contributed by atoms with van der Waals surface area (Å²) in [6.07, 6.45) is 1.01. The van der Waals surface area contributed by atoms with Crippen molar-refractivity contribution < 1.29 is 10.0 Å². The van der Waals surface area contributed by atoms with Crippen molar-refractivity contribution in [2.24, 2.45) is 10.9 Å². The molecule has 1 unspecified atom stereocenters. The third-order valence-corrected chi connectivity index (χ3v) is 1.54. The number of amides is 1. The molecule has 1 atom stereocenters. The molecule has 0 aliphatic rings. The van der Waals surface area contributed by atoms with E-state index in [1.807, 2.05) is 6.92 Å². The molecule has 4 N–H and O–H groups in total. The van der Waals surface area contributed by atoms with Crippen LogP contribution in [0.1, 0.15) is 26.7 Å². The normalized spacial score (nSPS) is 14.0. The molecule has 0 aromatic rings. The monoisotopic (exact) mass is 173 g/mol. The van der Waals surface area contributed by atoms with Gasteiger partial charge in [0.1, 0.15) is 0 Å². The molecule has 0 saturated carbocycles. The molecular weight excluding hydrogens is 158 g/mol. The van der Waals surface area contributed by atoms with Gasteiger partial charge in [-0.3, -0.25) is 4.79 Å². The maximum Gasteiger partial charge on any atom is 0.220 e. The van der Waals surface area contributed by atoms with Gasteiger partial charge in [0.05, 0.1) is 6.04 Å². The summed E-state index contributed by atoms with van der Waals surface area (Å²) in [5.74, 6) is -0.0623. The van der Waals surface area contributed by atoms with Gasteiger partial charge in [-0.15, -0.1) is 0 Å². The van der Waals surface area contributed by atoms with Crippen LogP contribution in [0.25, 0.3) is 0 Å². The zero-order valence-corrected chi connectivity index (χ0v) is 7.37. The summed E-state index contributed by atoms with van der Waals surface area (Å²) in [4.78, 5) is 10.9. The number of carbonyl (C=O) groups is 1. The highest BCUT2D eigenvalue weighted by molar-refractivity contribution is 5.89. The van der Waals surface area contributed by atoms with Crippen molar-refractivity contribution in [3.05, 3.63) is 0 Å².